The Balaban J connectivity index is 2.17. The lowest BCUT2D eigenvalue weighted by Gasteiger charge is -2.28. The molecule has 1 aliphatic rings. The molecule has 0 saturated carbocycles. The van der Waals surface area contributed by atoms with E-state index in [-0.39, 0.29) is 12.6 Å². The highest BCUT2D eigenvalue weighted by atomic mass is 16.5. The van der Waals surface area contributed by atoms with E-state index in [1.54, 1.807) is 26.4 Å². The number of esters is 1. The summed E-state index contributed by atoms with van der Waals surface area (Å²) in [5, 5.41) is 1.02. The highest BCUT2D eigenvalue weighted by Crippen LogP contribution is 2.46. The maximum atomic E-state index is 12.1. The van der Waals surface area contributed by atoms with Crippen LogP contribution in [0, 0.1) is 6.92 Å². The van der Waals surface area contributed by atoms with Gasteiger partial charge in [0.15, 0.2) is 11.3 Å². The van der Waals surface area contributed by atoms with Crippen LogP contribution in [0.15, 0.2) is 22.3 Å². The molecule has 4 heteroatoms. The minimum Gasteiger partial charge on any atom is -0.493 e. The number of ether oxygens (including phenoxy) is 2. The first-order valence-corrected chi connectivity index (χ1v) is 8.89. The summed E-state index contributed by atoms with van der Waals surface area (Å²) < 4.78 is 17.1. The van der Waals surface area contributed by atoms with Crippen LogP contribution in [0.2, 0.25) is 0 Å². The first kappa shape index (κ1) is 17.6. The molecule has 0 aliphatic heterocycles. The Hall–Kier alpha value is -2.23. The summed E-state index contributed by atoms with van der Waals surface area (Å²) in [5.74, 6) is 0.974. The number of allylic oxidation sites excluding steroid dienone is 1. The van der Waals surface area contributed by atoms with Crippen molar-refractivity contribution in [3.05, 3.63) is 40.2 Å². The Bertz CT molecular complexity index is 841. The molecule has 0 bridgehead atoms. The van der Waals surface area contributed by atoms with Crippen LogP contribution in [0.3, 0.4) is 0 Å². The summed E-state index contributed by atoms with van der Waals surface area (Å²) in [5.41, 5.74) is 5.98. The van der Waals surface area contributed by atoms with Crippen molar-refractivity contribution in [1.82, 2.24) is 0 Å². The number of carbonyl (C=O) groups excluding carboxylic acids is 1. The van der Waals surface area contributed by atoms with Crippen LogP contribution < -0.4 is 4.74 Å². The summed E-state index contributed by atoms with van der Waals surface area (Å²) in [6.45, 7) is 8.13. The Morgan fingerprint density at radius 2 is 2.20 bits per heavy atom. The van der Waals surface area contributed by atoms with E-state index in [0.29, 0.717) is 11.5 Å². The number of furan rings is 1. The van der Waals surface area contributed by atoms with Gasteiger partial charge in [0, 0.05) is 22.1 Å². The zero-order valence-electron chi connectivity index (χ0n) is 15.7. The molecule has 1 aliphatic carbocycles. The molecule has 1 atom stereocenters. The number of carbonyl (C=O) groups is 1. The van der Waals surface area contributed by atoms with Gasteiger partial charge in [-0.25, -0.2) is 4.79 Å². The van der Waals surface area contributed by atoms with Crippen molar-refractivity contribution >= 4 is 16.9 Å². The van der Waals surface area contributed by atoms with Gasteiger partial charge in [0.25, 0.3) is 0 Å². The molecule has 0 amide bonds. The van der Waals surface area contributed by atoms with E-state index >= 15 is 0 Å². The predicted molar refractivity (Wildman–Crippen MR) is 98.1 cm³/mol. The molecule has 1 aromatic heterocycles. The SMILES string of the molecule is C/C=C(/C)C(=O)OCc1c2c(c(OC)c3occ(C)c13)CCC[C@@H]2C. The number of hydrogen-bond acceptors (Lipinski definition) is 4. The Labute approximate surface area is 148 Å². The van der Waals surface area contributed by atoms with Crippen LogP contribution in [-0.2, 0) is 22.6 Å². The fraction of sp³-hybridized carbons (Fsp3) is 0.476. The van der Waals surface area contributed by atoms with E-state index in [0.717, 1.165) is 47.1 Å². The van der Waals surface area contributed by atoms with Gasteiger partial charge in [-0.3, -0.25) is 0 Å². The number of benzene rings is 1. The number of methoxy groups -OCH3 is 1. The monoisotopic (exact) mass is 342 g/mol. The molecule has 25 heavy (non-hydrogen) atoms. The first-order chi connectivity index (χ1) is 12.0. The number of hydrogen-bond donors (Lipinski definition) is 0. The van der Waals surface area contributed by atoms with Crippen LogP contribution in [0.1, 0.15) is 61.8 Å². The Morgan fingerprint density at radius 1 is 1.44 bits per heavy atom. The van der Waals surface area contributed by atoms with Gasteiger partial charge in [-0.2, -0.15) is 0 Å². The minimum atomic E-state index is -0.273. The maximum absolute atomic E-state index is 12.1. The molecular formula is C21H26O4. The average molecular weight is 342 g/mol. The molecule has 1 heterocycles. The summed E-state index contributed by atoms with van der Waals surface area (Å²) in [6, 6.07) is 0. The van der Waals surface area contributed by atoms with Gasteiger partial charge >= 0.3 is 5.97 Å². The zero-order chi connectivity index (χ0) is 18.1. The van der Waals surface area contributed by atoms with E-state index in [1.165, 1.54) is 11.1 Å². The van der Waals surface area contributed by atoms with Crippen LogP contribution in [-0.4, -0.2) is 13.1 Å². The van der Waals surface area contributed by atoms with Gasteiger partial charge in [0.2, 0.25) is 0 Å². The van der Waals surface area contributed by atoms with Crippen LogP contribution in [0.25, 0.3) is 11.0 Å². The lowest BCUT2D eigenvalue weighted by Crippen LogP contribution is -2.15. The lowest BCUT2D eigenvalue weighted by atomic mass is 9.79. The van der Waals surface area contributed by atoms with Gasteiger partial charge in [-0.15, -0.1) is 0 Å². The molecule has 3 rings (SSSR count). The van der Waals surface area contributed by atoms with E-state index < -0.39 is 0 Å². The van der Waals surface area contributed by atoms with E-state index in [1.807, 2.05) is 13.8 Å². The molecule has 2 aromatic rings. The topological polar surface area (TPSA) is 48.7 Å². The second-order valence-corrected chi connectivity index (χ2v) is 6.87. The highest BCUT2D eigenvalue weighted by Gasteiger charge is 2.29. The van der Waals surface area contributed by atoms with Crippen molar-refractivity contribution in [3.63, 3.8) is 0 Å². The van der Waals surface area contributed by atoms with Crippen molar-refractivity contribution in [2.75, 3.05) is 7.11 Å². The molecule has 134 valence electrons. The van der Waals surface area contributed by atoms with Gasteiger partial charge in [0.1, 0.15) is 6.61 Å². The summed E-state index contributed by atoms with van der Waals surface area (Å²) in [6.07, 6.45) is 6.76. The minimum absolute atomic E-state index is 0.261. The van der Waals surface area contributed by atoms with Gasteiger partial charge in [-0.05, 0) is 57.1 Å². The van der Waals surface area contributed by atoms with Crippen LogP contribution in [0.5, 0.6) is 5.75 Å². The molecule has 0 spiro atoms. The third-order valence-corrected chi connectivity index (χ3v) is 5.27. The summed E-state index contributed by atoms with van der Waals surface area (Å²) in [4.78, 5) is 12.1. The normalized spacial score (nSPS) is 17.5. The fourth-order valence-corrected chi connectivity index (χ4v) is 3.87. The largest absolute Gasteiger partial charge is 0.493 e. The number of aryl methyl sites for hydroxylation is 1. The van der Waals surface area contributed by atoms with Crippen molar-refractivity contribution < 1.29 is 18.7 Å². The van der Waals surface area contributed by atoms with E-state index in [9.17, 15) is 4.79 Å². The molecular weight excluding hydrogens is 316 g/mol. The molecule has 0 saturated heterocycles. The molecule has 4 nitrogen and oxygen atoms in total. The summed E-state index contributed by atoms with van der Waals surface area (Å²) >= 11 is 0. The lowest BCUT2D eigenvalue weighted by molar-refractivity contribution is -0.140. The van der Waals surface area contributed by atoms with E-state index in [2.05, 4.69) is 6.92 Å². The molecule has 0 N–H and O–H groups in total. The van der Waals surface area contributed by atoms with Crippen LogP contribution >= 0.6 is 0 Å². The molecule has 1 aromatic carbocycles. The second kappa shape index (κ2) is 6.95. The Kier molecular flexibility index (Phi) is 4.89. The summed E-state index contributed by atoms with van der Waals surface area (Å²) in [7, 11) is 1.70. The van der Waals surface area contributed by atoms with Crippen molar-refractivity contribution in [2.45, 2.75) is 59.5 Å². The number of fused-ring (bicyclic) bond motifs is 2. The predicted octanol–water partition coefficient (Wildman–Crippen LogP) is 5.20. The second-order valence-electron chi connectivity index (χ2n) is 6.87. The van der Waals surface area contributed by atoms with Gasteiger partial charge < -0.3 is 13.9 Å². The fourth-order valence-electron chi connectivity index (χ4n) is 3.87. The van der Waals surface area contributed by atoms with Gasteiger partial charge in [0.05, 0.1) is 13.4 Å². The van der Waals surface area contributed by atoms with Crippen molar-refractivity contribution in [2.24, 2.45) is 0 Å². The van der Waals surface area contributed by atoms with Crippen LogP contribution in [0.4, 0.5) is 0 Å². The maximum Gasteiger partial charge on any atom is 0.333 e. The zero-order valence-corrected chi connectivity index (χ0v) is 15.7. The Morgan fingerprint density at radius 3 is 2.88 bits per heavy atom. The molecule has 0 unspecified atom stereocenters. The quantitative estimate of drug-likeness (QED) is 0.566. The van der Waals surface area contributed by atoms with Crippen molar-refractivity contribution in [3.8, 4) is 5.75 Å². The van der Waals surface area contributed by atoms with Gasteiger partial charge in [-0.1, -0.05) is 13.0 Å². The van der Waals surface area contributed by atoms with Crippen molar-refractivity contribution in [1.29, 1.82) is 0 Å². The third-order valence-electron chi connectivity index (χ3n) is 5.27. The standard InChI is InChI=1S/C21H26O4/c1-6-12(2)21(22)25-11-16-17-13(3)8-7-9-15(17)19(23-5)20-18(16)14(4)10-24-20/h6,10,13H,7-9,11H2,1-5H3/b12-6-/t13-/m0/s1. The average Bonchev–Trinajstić information content (AvgIpc) is 2.99. The number of rotatable bonds is 4. The molecule has 0 radical (unpaired) electrons. The molecule has 0 fully saturated rings. The first-order valence-electron chi connectivity index (χ1n) is 8.89. The van der Waals surface area contributed by atoms with E-state index in [4.69, 9.17) is 13.9 Å². The smallest absolute Gasteiger partial charge is 0.333 e. The third kappa shape index (κ3) is 2.94. The highest BCUT2D eigenvalue weighted by molar-refractivity contribution is 5.93.